The maximum atomic E-state index is 11.8. The van der Waals surface area contributed by atoms with Gasteiger partial charge in [-0.3, -0.25) is 4.79 Å². The highest BCUT2D eigenvalue weighted by molar-refractivity contribution is 7.92. The Kier molecular flexibility index (Phi) is 6.72. The lowest BCUT2D eigenvalue weighted by Gasteiger charge is -2.06. The van der Waals surface area contributed by atoms with E-state index in [2.05, 4.69) is 10.0 Å². The van der Waals surface area contributed by atoms with Gasteiger partial charge in [-0.15, -0.1) is 0 Å². The predicted octanol–water partition coefficient (Wildman–Crippen LogP) is 1.94. The van der Waals surface area contributed by atoms with Crippen molar-refractivity contribution in [3.63, 3.8) is 0 Å². The van der Waals surface area contributed by atoms with Crippen LogP contribution in [-0.2, 0) is 21.2 Å². The number of amides is 1. The molecule has 0 spiro atoms. The Morgan fingerprint density at radius 1 is 0.958 bits per heavy atom. The van der Waals surface area contributed by atoms with Gasteiger partial charge < -0.3 is 5.32 Å². The molecule has 0 fully saturated rings. The molecule has 2 aromatic rings. The van der Waals surface area contributed by atoms with E-state index < -0.39 is 10.0 Å². The van der Waals surface area contributed by atoms with Gasteiger partial charge in [-0.05, 0) is 23.6 Å². The first-order valence-electron chi connectivity index (χ1n) is 7.58. The summed E-state index contributed by atoms with van der Waals surface area (Å²) in [5.41, 5.74) is 1.89. The number of carbonyl (C=O) groups is 1. The van der Waals surface area contributed by atoms with Crippen LogP contribution in [0, 0.1) is 0 Å². The Bertz CT molecular complexity index is 772. The first-order valence-corrected chi connectivity index (χ1v) is 9.13. The van der Waals surface area contributed by atoms with Crippen LogP contribution in [0.25, 0.3) is 6.08 Å². The normalized spacial score (nSPS) is 11.5. The van der Waals surface area contributed by atoms with Gasteiger partial charge in [0.25, 0.3) is 0 Å². The van der Waals surface area contributed by atoms with Crippen molar-refractivity contribution in [3.8, 4) is 0 Å². The molecule has 0 saturated heterocycles. The Balaban J connectivity index is 1.73. The molecule has 0 aliphatic heterocycles. The molecule has 0 saturated carbocycles. The third kappa shape index (κ3) is 6.76. The van der Waals surface area contributed by atoms with E-state index in [1.807, 2.05) is 48.5 Å². The molecule has 0 aliphatic carbocycles. The molecule has 0 bridgehead atoms. The maximum Gasteiger partial charge on any atom is 0.235 e. The van der Waals surface area contributed by atoms with Crippen LogP contribution < -0.4 is 10.0 Å². The minimum absolute atomic E-state index is 0.281. The van der Waals surface area contributed by atoms with Crippen molar-refractivity contribution in [2.24, 2.45) is 0 Å². The summed E-state index contributed by atoms with van der Waals surface area (Å²) in [6, 6.07) is 18.8. The molecule has 2 rings (SSSR count). The Labute approximate surface area is 142 Å². The first kappa shape index (κ1) is 17.9. The van der Waals surface area contributed by atoms with E-state index in [4.69, 9.17) is 0 Å². The SMILES string of the molecule is O=C(CNS(=O)(=O)/C=C/c1ccccc1)NCCc1ccccc1. The van der Waals surface area contributed by atoms with E-state index in [1.54, 1.807) is 12.1 Å². The minimum atomic E-state index is -3.64. The zero-order valence-corrected chi connectivity index (χ0v) is 14.0. The molecule has 0 aromatic heterocycles. The average Bonchev–Trinajstić information content (AvgIpc) is 2.60. The van der Waals surface area contributed by atoms with Crippen molar-refractivity contribution < 1.29 is 13.2 Å². The van der Waals surface area contributed by atoms with Crippen LogP contribution in [0.2, 0.25) is 0 Å². The minimum Gasteiger partial charge on any atom is -0.355 e. The van der Waals surface area contributed by atoms with Crippen LogP contribution >= 0.6 is 0 Å². The lowest BCUT2D eigenvalue weighted by Crippen LogP contribution is -2.36. The molecule has 0 radical (unpaired) electrons. The Morgan fingerprint density at radius 3 is 2.25 bits per heavy atom. The number of sulfonamides is 1. The lowest BCUT2D eigenvalue weighted by atomic mass is 10.1. The van der Waals surface area contributed by atoms with Gasteiger partial charge in [0.05, 0.1) is 6.54 Å². The second-order valence-electron chi connectivity index (χ2n) is 5.17. The number of hydrogen-bond donors (Lipinski definition) is 2. The number of rotatable bonds is 8. The smallest absolute Gasteiger partial charge is 0.235 e. The quantitative estimate of drug-likeness (QED) is 0.768. The van der Waals surface area contributed by atoms with Gasteiger partial charge >= 0.3 is 0 Å². The average molecular weight is 344 g/mol. The summed E-state index contributed by atoms with van der Waals surface area (Å²) in [6.07, 6.45) is 2.18. The molecule has 126 valence electrons. The summed E-state index contributed by atoms with van der Waals surface area (Å²) in [5, 5.41) is 3.74. The van der Waals surface area contributed by atoms with Gasteiger partial charge in [0, 0.05) is 12.0 Å². The van der Waals surface area contributed by atoms with Crippen LogP contribution in [0.1, 0.15) is 11.1 Å². The van der Waals surface area contributed by atoms with Crippen molar-refractivity contribution in [2.75, 3.05) is 13.1 Å². The van der Waals surface area contributed by atoms with Crippen LogP contribution in [0.3, 0.4) is 0 Å². The van der Waals surface area contributed by atoms with Gasteiger partial charge in [-0.1, -0.05) is 60.7 Å². The highest BCUT2D eigenvalue weighted by Crippen LogP contribution is 2.02. The van der Waals surface area contributed by atoms with Gasteiger partial charge in [-0.2, -0.15) is 0 Å². The van der Waals surface area contributed by atoms with Crippen molar-refractivity contribution >= 4 is 22.0 Å². The third-order valence-corrected chi connectivity index (χ3v) is 4.29. The fourth-order valence-corrected chi connectivity index (χ4v) is 2.76. The van der Waals surface area contributed by atoms with Gasteiger partial charge in [0.1, 0.15) is 0 Å². The van der Waals surface area contributed by atoms with Gasteiger partial charge in [-0.25, -0.2) is 13.1 Å². The van der Waals surface area contributed by atoms with E-state index in [0.717, 1.165) is 16.5 Å². The summed E-state index contributed by atoms with van der Waals surface area (Å²) in [6.45, 7) is 0.181. The predicted molar refractivity (Wildman–Crippen MR) is 95.6 cm³/mol. The molecule has 0 atom stereocenters. The number of nitrogens with one attached hydrogen (secondary N) is 2. The zero-order chi connectivity index (χ0) is 17.3. The molecule has 2 N–H and O–H groups in total. The van der Waals surface area contributed by atoms with Crippen molar-refractivity contribution in [1.82, 2.24) is 10.0 Å². The topological polar surface area (TPSA) is 75.3 Å². The maximum absolute atomic E-state index is 11.8. The highest BCUT2D eigenvalue weighted by Gasteiger charge is 2.08. The van der Waals surface area contributed by atoms with Gasteiger partial charge in [0.15, 0.2) is 0 Å². The molecule has 0 unspecified atom stereocenters. The zero-order valence-electron chi connectivity index (χ0n) is 13.2. The summed E-state index contributed by atoms with van der Waals surface area (Å²) in [4.78, 5) is 11.7. The summed E-state index contributed by atoms with van der Waals surface area (Å²) < 4.78 is 25.9. The second kappa shape index (κ2) is 9.00. The standard InChI is InChI=1S/C18H20N2O3S/c21-18(19-13-11-16-7-3-1-4-8-16)15-20-24(22,23)14-12-17-9-5-2-6-10-17/h1-10,12,14,20H,11,13,15H2,(H,19,21)/b14-12+. The number of hydrogen-bond acceptors (Lipinski definition) is 3. The van der Waals surface area contributed by atoms with E-state index in [9.17, 15) is 13.2 Å². The first-order chi connectivity index (χ1) is 11.6. The monoisotopic (exact) mass is 344 g/mol. The number of carbonyl (C=O) groups excluding carboxylic acids is 1. The Morgan fingerprint density at radius 2 is 1.58 bits per heavy atom. The molecular weight excluding hydrogens is 324 g/mol. The van der Waals surface area contributed by atoms with Crippen molar-refractivity contribution in [1.29, 1.82) is 0 Å². The molecule has 5 nitrogen and oxygen atoms in total. The fourth-order valence-electron chi connectivity index (χ4n) is 2.00. The molecule has 0 heterocycles. The lowest BCUT2D eigenvalue weighted by molar-refractivity contribution is -0.119. The second-order valence-corrected chi connectivity index (χ2v) is 6.82. The summed E-state index contributed by atoms with van der Waals surface area (Å²) >= 11 is 0. The van der Waals surface area contributed by atoms with E-state index >= 15 is 0 Å². The van der Waals surface area contributed by atoms with Crippen LogP contribution in [0.15, 0.2) is 66.1 Å². The van der Waals surface area contributed by atoms with Gasteiger partial charge in [0.2, 0.25) is 15.9 Å². The van der Waals surface area contributed by atoms with E-state index in [-0.39, 0.29) is 12.5 Å². The van der Waals surface area contributed by atoms with Crippen LogP contribution in [0.5, 0.6) is 0 Å². The van der Waals surface area contributed by atoms with Crippen molar-refractivity contribution in [3.05, 3.63) is 77.2 Å². The Hall–Kier alpha value is -2.44. The van der Waals surface area contributed by atoms with Crippen LogP contribution in [-0.4, -0.2) is 27.4 Å². The van der Waals surface area contributed by atoms with E-state index in [1.165, 1.54) is 6.08 Å². The molecule has 0 aliphatic rings. The van der Waals surface area contributed by atoms with E-state index in [0.29, 0.717) is 13.0 Å². The summed E-state index contributed by atoms with van der Waals surface area (Å²) in [7, 11) is -3.64. The highest BCUT2D eigenvalue weighted by atomic mass is 32.2. The van der Waals surface area contributed by atoms with Crippen LogP contribution in [0.4, 0.5) is 0 Å². The molecular formula is C18H20N2O3S. The summed E-state index contributed by atoms with van der Waals surface area (Å²) in [5.74, 6) is -0.359. The molecule has 24 heavy (non-hydrogen) atoms. The molecule has 2 aromatic carbocycles. The third-order valence-electron chi connectivity index (χ3n) is 3.25. The largest absolute Gasteiger partial charge is 0.355 e. The number of benzene rings is 2. The molecule has 1 amide bonds. The van der Waals surface area contributed by atoms with Crippen molar-refractivity contribution in [2.45, 2.75) is 6.42 Å². The fraction of sp³-hybridized carbons (Fsp3) is 0.167. The molecule has 6 heteroatoms.